The Balaban J connectivity index is 2.69. The molecule has 1 aliphatic heterocycles. The molecule has 1 aromatic rings. The van der Waals surface area contributed by atoms with Crippen molar-refractivity contribution >= 4 is 5.91 Å². The molecule has 0 atom stereocenters. The molecular weight excluding hydrogens is 210 g/mol. The maximum absolute atomic E-state index is 12.0. The third-order valence-electron chi connectivity index (χ3n) is 2.62. The van der Waals surface area contributed by atoms with Crippen molar-refractivity contribution in [2.75, 3.05) is 6.61 Å². The maximum atomic E-state index is 12.0. The number of hydrogen-bond acceptors (Lipinski definition) is 4. The van der Waals surface area contributed by atoms with Crippen molar-refractivity contribution < 1.29 is 9.53 Å². The number of fused-ring (bicyclic) bond motifs is 1. The number of nitrogens with two attached hydrogens (primary N) is 1. The van der Waals surface area contributed by atoms with Gasteiger partial charge in [-0.3, -0.25) is 14.2 Å². The van der Waals surface area contributed by atoms with E-state index in [-0.39, 0.29) is 17.9 Å². The van der Waals surface area contributed by atoms with Crippen LogP contribution in [0.2, 0.25) is 0 Å². The summed E-state index contributed by atoms with van der Waals surface area (Å²) in [6.45, 7) is 3.03. The second kappa shape index (κ2) is 4.05. The van der Waals surface area contributed by atoms with Crippen molar-refractivity contribution in [1.29, 1.82) is 0 Å². The normalized spacial score (nSPS) is 14.6. The van der Waals surface area contributed by atoms with Crippen molar-refractivity contribution in [3.05, 3.63) is 27.4 Å². The molecule has 1 amide bonds. The molecule has 6 heteroatoms. The summed E-state index contributed by atoms with van der Waals surface area (Å²) in [6, 6.07) is 0. The Bertz CT molecular complexity index is 493. The van der Waals surface area contributed by atoms with Gasteiger partial charge in [0.25, 0.3) is 11.5 Å². The zero-order valence-corrected chi connectivity index (χ0v) is 9.02. The van der Waals surface area contributed by atoms with Crippen molar-refractivity contribution in [3.63, 3.8) is 0 Å². The molecule has 2 heterocycles. The Morgan fingerprint density at radius 2 is 2.38 bits per heavy atom. The molecule has 0 unspecified atom stereocenters. The number of ether oxygens (including phenoxy) is 1. The van der Waals surface area contributed by atoms with E-state index < -0.39 is 5.91 Å². The maximum Gasteiger partial charge on any atom is 0.267 e. The largest absolute Gasteiger partial charge is 0.372 e. The number of rotatable bonds is 2. The lowest BCUT2D eigenvalue weighted by Gasteiger charge is -2.19. The Kier molecular flexibility index (Phi) is 2.74. The number of primary amides is 1. The van der Waals surface area contributed by atoms with E-state index in [9.17, 15) is 9.59 Å². The number of carbonyl (C=O) groups excluding carboxylic acids is 1. The average Bonchev–Trinajstić information content (AvgIpc) is 2.29. The van der Waals surface area contributed by atoms with Gasteiger partial charge in [0.2, 0.25) is 0 Å². The van der Waals surface area contributed by atoms with Crippen LogP contribution in [0.1, 0.15) is 28.8 Å². The topological polar surface area (TPSA) is 87.2 Å². The standard InChI is InChI=1S/C10H13N3O3/c1-2-6-8(9(11)14)12-7-5-16-4-3-13(7)10(6)15/h2-5H2,1H3,(H2,11,14). The highest BCUT2D eigenvalue weighted by molar-refractivity contribution is 5.92. The van der Waals surface area contributed by atoms with Gasteiger partial charge >= 0.3 is 0 Å². The molecule has 16 heavy (non-hydrogen) atoms. The van der Waals surface area contributed by atoms with Crippen LogP contribution in [-0.4, -0.2) is 22.1 Å². The zero-order chi connectivity index (χ0) is 11.7. The molecule has 2 N–H and O–H groups in total. The van der Waals surface area contributed by atoms with Gasteiger partial charge in [0.05, 0.1) is 13.2 Å². The van der Waals surface area contributed by atoms with Crippen LogP contribution in [0, 0.1) is 0 Å². The van der Waals surface area contributed by atoms with E-state index in [1.165, 1.54) is 0 Å². The molecule has 6 nitrogen and oxygen atoms in total. The molecule has 1 aliphatic rings. The molecule has 0 saturated carbocycles. The Morgan fingerprint density at radius 1 is 1.62 bits per heavy atom. The summed E-state index contributed by atoms with van der Waals surface area (Å²) in [6.07, 6.45) is 0.450. The highest BCUT2D eigenvalue weighted by Crippen LogP contribution is 2.08. The van der Waals surface area contributed by atoms with E-state index in [1.54, 1.807) is 11.5 Å². The first kappa shape index (κ1) is 10.8. The molecule has 0 aliphatic carbocycles. The minimum atomic E-state index is -0.664. The summed E-state index contributed by atoms with van der Waals surface area (Å²) < 4.78 is 6.74. The average molecular weight is 223 g/mol. The van der Waals surface area contributed by atoms with Crippen LogP contribution in [0.3, 0.4) is 0 Å². The predicted octanol–water partition coefficient (Wildman–Crippen LogP) is -0.565. The van der Waals surface area contributed by atoms with Crippen LogP contribution in [0.5, 0.6) is 0 Å². The minimum absolute atomic E-state index is 0.0734. The van der Waals surface area contributed by atoms with Gasteiger partial charge in [-0.1, -0.05) is 6.92 Å². The summed E-state index contributed by atoms with van der Waals surface area (Å²) in [5.74, 6) is -0.190. The molecule has 0 aromatic carbocycles. The summed E-state index contributed by atoms with van der Waals surface area (Å²) >= 11 is 0. The monoisotopic (exact) mass is 223 g/mol. The molecule has 1 aromatic heterocycles. The van der Waals surface area contributed by atoms with Crippen molar-refractivity contribution in [3.8, 4) is 0 Å². The van der Waals surface area contributed by atoms with E-state index in [0.29, 0.717) is 31.0 Å². The molecule has 86 valence electrons. The first-order valence-electron chi connectivity index (χ1n) is 5.15. The van der Waals surface area contributed by atoms with Gasteiger partial charge in [-0.25, -0.2) is 4.98 Å². The van der Waals surface area contributed by atoms with Crippen LogP contribution < -0.4 is 11.3 Å². The van der Waals surface area contributed by atoms with Gasteiger partial charge in [0.15, 0.2) is 0 Å². The van der Waals surface area contributed by atoms with Crippen LogP contribution >= 0.6 is 0 Å². The highest BCUT2D eigenvalue weighted by Gasteiger charge is 2.20. The molecular formula is C10H13N3O3. The van der Waals surface area contributed by atoms with E-state index in [0.717, 1.165) is 0 Å². The summed E-state index contributed by atoms with van der Waals surface area (Å²) in [7, 11) is 0. The van der Waals surface area contributed by atoms with Crippen LogP contribution in [0.4, 0.5) is 0 Å². The lowest BCUT2D eigenvalue weighted by atomic mass is 10.1. The van der Waals surface area contributed by atoms with Gasteiger partial charge in [0.1, 0.15) is 18.1 Å². The fraction of sp³-hybridized carbons (Fsp3) is 0.500. The molecule has 0 bridgehead atoms. The van der Waals surface area contributed by atoms with Gasteiger partial charge in [-0.15, -0.1) is 0 Å². The molecule has 0 radical (unpaired) electrons. The lowest BCUT2D eigenvalue weighted by Crippen LogP contribution is -2.36. The smallest absolute Gasteiger partial charge is 0.267 e. The molecule has 2 rings (SSSR count). The Hall–Kier alpha value is -1.69. The molecule has 0 fully saturated rings. The summed E-state index contributed by atoms with van der Waals surface area (Å²) in [5, 5.41) is 0. The third-order valence-corrected chi connectivity index (χ3v) is 2.62. The zero-order valence-electron chi connectivity index (χ0n) is 9.02. The van der Waals surface area contributed by atoms with Crippen LogP contribution in [-0.2, 0) is 24.3 Å². The first-order valence-corrected chi connectivity index (χ1v) is 5.15. The summed E-state index contributed by atoms with van der Waals surface area (Å²) in [5.41, 5.74) is 5.49. The summed E-state index contributed by atoms with van der Waals surface area (Å²) in [4.78, 5) is 27.3. The van der Waals surface area contributed by atoms with Gasteiger partial charge in [0, 0.05) is 5.56 Å². The van der Waals surface area contributed by atoms with Crippen LogP contribution in [0.25, 0.3) is 0 Å². The number of carbonyl (C=O) groups is 1. The van der Waals surface area contributed by atoms with Gasteiger partial charge in [-0.05, 0) is 6.42 Å². The van der Waals surface area contributed by atoms with Crippen molar-refractivity contribution in [2.24, 2.45) is 5.73 Å². The number of aromatic nitrogens is 2. The second-order valence-corrected chi connectivity index (χ2v) is 3.58. The SMILES string of the molecule is CCc1c(C(N)=O)nc2n(c1=O)CCOC2. The first-order chi connectivity index (χ1) is 7.65. The lowest BCUT2D eigenvalue weighted by molar-refractivity contribution is 0.0772. The quantitative estimate of drug-likeness (QED) is 0.727. The van der Waals surface area contributed by atoms with E-state index in [4.69, 9.17) is 10.5 Å². The van der Waals surface area contributed by atoms with Crippen molar-refractivity contribution in [2.45, 2.75) is 26.5 Å². The highest BCUT2D eigenvalue weighted by atomic mass is 16.5. The van der Waals surface area contributed by atoms with Crippen molar-refractivity contribution in [1.82, 2.24) is 9.55 Å². The minimum Gasteiger partial charge on any atom is -0.372 e. The number of amides is 1. The molecule has 0 spiro atoms. The molecule has 0 saturated heterocycles. The van der Waals surface area contributed by atoms with E-state index in [2.05, 4.69) is 4.98 Å². The Labute approximate surface area is 92.0 Å². The number of nitrogens with zero attached hydrogens (tertiary/aromatic N) is 2. The Morgan fingerprint density at radius 3 is 3.00 bits per heavy atom. The fourth-order valence-corrected chi connectivity index (χ4v) is 1.82. The fourth-order valence-electron chi connectivity index (χ4n) is 1.82. The van der Waals surface area contributed by atoms with E-state index >= 15 is 0 Å². The second-order valence-electron chi connectivity index (χ2n) is 3.58. The number of hydrogen-bond donors (Lipinski definition) is 1. The van der Waals surface area contributed by atoms with Crippen LogP contribution in [0.15, 0.2) is 4.79 Å². The van der Waals surface area contributed by atoms with Gasteiger partial charge < -0.3 is 10.5 Å². The third kappa shape index (κ3) is 1.61. The van der Waals surface area contributed by atoms with E-state index in [1.807, 2.05) is 0 Å². The predicted molar refractivity (Wildman–Crippen MR) is 56.0 cm³/mol. The van der Waals surface area contributed by atoms with Gasteiger partial charge in [-0.2, -0.15) is 0 Å².